The molecule has 1 aromatic heterocycles. The lowest BCUT2D eigenvalue weighted by Gasteiger charge is -2.15. The Morgan fingerprint density at radius 3 is 2.47 bits per heavy atom. The fourth-order valence-electron chi connectivity index (χ4n) is 1.86. The lowest BCUT2D eigenvalue weighted by Crippen LogP contribution is -2.29. The number of imidazole rings is 1. The first-order valence-electron chi connectivity index (χ1n) is 5.76. The molecule has 0 aliphatic rings. The number of benzene rings is 1. The quantitative estimate of drug-likeness (QED) is 0.875. The predicted molar refractivity (Wildman–Crippen MR) is 72.8 cm³/mol. The second-order valence-corrected chi connectivity index (χ2v) is 5.93. The zero-order valence-electron chi connectivity index (χ0n) is 10.7. The molecule has 0 spiro atoms. The first-order chi connectivity index (χ1) is 8.92. The standard InChI is InChI=1S/C12H16N4O2S/c1-9(10-6-4-3-5-7-10)15-19(17,18)12-11(13)14-8-16(12)2/h3-9,15H,13H2,1-2H3/t9-/m1/s1. The number of sulfonamides is 1. The zero-order valence-corrected chi connectivity index (χ0v) is 11.6. The van der Waals surface area contributed by atoms with Crippen molar-refractivity contribution in [3.63, 3.8) is 0 Å². The van der Waals surface area contributed by atoms with E-state index in [4.69, 9.17) is 5.73 Å². The summed E-state index contributed by atoms with van der Waals surface area (Å²) in [6.07, 6.45) is 1.37. The summed E-state index contributed by atoms with van der Waals surface area (Å²) in [5.74, 6) is -0.00439. The Morgan fingerprint density at radius 1 is 1.32 bits per heavy atom. The third-order valence-electron chi connectivity index (χ3n) is 2.80. The number of hydrogen-bond donors (Lipinski definition) is 2. The topological polar surface area (TPSA) is 90.0 Å². The highest BCUT2D eigenvalue weighted by Crippen LogP contribution is 2.19. The maximum Gasteiger partial charge on any atom is 0.260 e. The van der Waals surface area contributed by atoms with Crippen molar-refractivity contribution in [2.45, 2.75) is 18.0 Å². The highest BCUT2D eigenvalue weighted by Gasteiger charge is 2.24. The molecule has 7 heteroatoms. The molecule has 2 rings (SSSR count). The summed E-state index contributed by atoms with van der Waals surface area (Å²) in [4.78, 5) is 3.78. The molecule has 1 heterocycles. The number of aryl methyl sites for hydroxylation is 1. The van der Waals surface area contributed by atoms with Gasteiger partial charge in [-0.3, -0.25) is 0 Å². The summed E-state index contributed by atoms with van der Waals surface area (Å²) in [6, 6.07) is 8.97. The van der Waals surface area contributed by atoms with Crippen LogP contribution in [0, 0.1) is 0 Å². The normalized spacial score (nSPS) is 13.4. The minimum absolute atomic E-state index is 0.00439. The first kappa shape index (κ1) is 13.6. The van der Waals surface area contributed by atoms with Crippen molar-refractivity contribution in [3.05, 3.63) is 42.2 Å². The Bertz CT molecular complexity index is 645. The lowest BCUT2D eigenvalue weighted by molar-refractivity contribution is 0.558. The van der Waals surface area contributed by atoms with Crippen molar-refractivity contribution in [1.29, 1.82) is 0 Å². The minimum Gasteiger partial charge on any atom is -0.381 e. The monoisotopic (exact) mass is 280 g/mol. The average Bonchev–Trinajstić information content (AvgIpc) is 2.70. The van der Waals surface area contributed by atoms with Gasteiger partial charge in [-0.05, 0) is 12.5 Å². The van der Waals surface area contributed by atoms with E-state index < -0.39 is 10.0 Å². The number of nitrogen functional groups attached to an aromatic ring is 1. The molecule has 2 aromatic rings. The Hall–Kier alpha value is -1.86. The molecule has 1 aromatic carbocycles. The third-order valence-corrected chi connectivity index (χ3v) is 4.47. The molecule has 0 saturated carbocycles. The molecule has 0 aliphatic heterocycles. The van der Waals surface area contributed by atoms with E-state index in [-0.39, 0.29) is 16.9 Å². The van der Waals surface area contributed by atoms with Crippen LogP contribution in [0.1, 0.15) is 18.5 Å². The molecule has 0 radical (unpaired) electrons. The van der Waals surface area contributed by atoms with Crippen LogP contribution >= 0.6 is 0 Å². The molecule has 6 nitrogen and oxygen atoms in total. The maximum atomic E-state index is 12.3. The van der Waals surface area contributed by atoms with Crippen LogP contribution in [0.25, 0.3) is 0 Å². The number of hydrogen-bond acceptors (Lipinski definition) is 4. The highest BCUT2D eigenvalue weighted by molar-refractivity contribution is 7.89. The molecule has 0 bridgehead atoms. The van der Waals surface area contributed by atoms with Crippen molar-refractivity contribution < 1.29 is 8.42 Å². The number of aromatic nitrogens is 2. The largest absolute Gasteiger partial charge is 0.381 e. The van der Waals surface area contributed by atoms with Gasteiger partial charge in [-0.25, -0.2) is 18.1 Å². The van der Waals surface area contributed by atoms with Gasteiger partial charge in [0, 0.05) is 13.1 Å². The maximum absolute atomic E-state index is 12.3. The number of rotatable bonds is 4. The van der Waals surface area contributed by atoms with Crippen LogP contribution in [0.2, 0.25) is 0 Å². The van der Waals surface area contributed by atoms with Gasteiger partial charge in [0.15, 0.2) is 10.8 Å². The summed E-state index contributed by atoms with van der Waals surface area (Å²) in [7, 11) is -2.11. The lowest BCUT2D eigenvalue weighted by atomic mass is 10.1. The molecule has 0 saturated heterocycles. The molecule has 0 unspecified atom stereocenters. The second-order valence-electron chi connectivity index (χ2n) is 4.30. The van der Waals surface area contributed by atoms with Crippen LogP contribution < -0.4 is 10.5 Å². The number of nitrogens with zero attached hydrogens (tertiary/aromatic N) is 2. The second kappa shape index (κ2) is 5.02. The van der Waals surface area contributed by atoms with Gasteiger partial charge in [0.2, 0.25) is 0 Å². The summed E-state index contributed by atoms with van der Waals surface area (Å²) in [6.45, 7) is 1.78. The van der Waals surface area contributed by atoms with Gasteiger partial charge in [-0.1, -0.05) is 30.3 Å². The first-order valence-corrected chi connectivity index (χ1v) is 7.24. The molecule has 19 heavy (non-hydrogen) atoms. The summed E-state index contributed by atoms with van der Waals surface area (Å²) in [5.41, 5.74) is 6.47. The number of anilines is 1. The summed E-state index contributed by atoms with van der Waals surface area (Å²) in [5, 5.41) is -0.0183. The molecular weight excluding hydrogens is 264 g/mol. The van der Waals surface area contributed by atoms with E-state index in [1.807, 2.05) is 30.3 Å². The van der Waals surface area contributed by atoms with Crippen molar-refractivity contribution in [3.8, 4) is 0 Å². The van der Waals surface area contributed by atoms with Crippen LogP contribution in [-0.4, -0.2) is 18.0 Å². The van der Waals surface area contributed by atoms with E-state index in [1.165, 1.54) is 10.9 Å². The van der Waals surface area contributed by atoms with Crippen molar-refractivity contribution in [1.82, 2.24) is 14.3 Å². The molecule has 3 N–H and O–H groups in total. The van der Waals surface area contributed by atoms with E-state index >= 15 is 0 Å². The molecule has 102 valence electrons. The van der Waals surface area contributed by atoms with E-state index in [9.17, 15) is 8.42 Å². The van der Waals surface area contributed by atoms with Crippen LogP contribution in [0.3, 0.4) is 0 Å². The predicted octanol–water partition coefficient (Wildman–Crippen LogP) is 1.04. The Balaban J connectivity index is 2.28. The van der Waals surface area contributed by atoms with Gasteiger partial charge >= 0.3 is 0 Å². The van der Waals surface area contributed by atoms with Gasteiger partial charge < -0.3 is 10.3 Å². The fraction of sp³-hybridized carbons (Fsp3) is 0.250. The van der Waals surface area contributed by atoms with Gasteiger partial charge in [0.25, 0.3) is 10.0 Å². The summed E-state index contributed by atoms with van der Waals surface area (Å²) >= 11 is 0. The van der Waals surface area contributed by atoms with Gasteiger partial charge in [-0.15, -0.1) is 0 Å². The zero-order chi connectivity index (χ0) is 14.0. The minimum atomic E-state index is -3.70. The summed E-state index contributed by atoms with van der Waals surface area (Å²) < 4.78 is 28.5. The van der Waals surface area contributed by atoms with Gasteiger partial charge in [0.05, 0.1) is 6.33 Å². The molecular formula is C12H16N4O2S. The van der Waals surface area contributed by atoms with Crippen LogP contribution in [-0.2, 0) is 17.1 Å². The Morgan fingerprint density at radius 2 is 1.95 bits per heavy atom. The number of nitrogens with two attached hydrogens (primary N) is 1. The third kappa shape index (κ3) is 2.77. The van der Waals surface area contributed by atoms with Crippen molar-refractivity contribution in [2.24, 2.45) is 7.05 Å². The SMILES string of the molecule is C[C@@H](NS(=O)(=O)c1c(N)ncn1C)c1ccccc1. The molecule has 1 atom stereocenters. The Kier molecular flexibility index (Phi) is 3.59. The molecule has 0 aliphatic carbocycles. The number of nitrogens with one attached hydrogen (secondary N) is 1. The van der Waals surface area contributed by atoms with Gasteiger partial charge in [0.1, 0.15) is 0 Å². The van der Waals surface area contributed by atoms with E-state index in [1.54, 1.807) is 14.0 Å². The van der Waals surface area contributed by atoms with Crippen molar-refractivity contribution in [2.75, 3.05) is 5.73 Å². The van der Waals surface area contributed by atoms with Gasteiger partial charge in [-0.2, -0.15) is 0 Å². The van der Waals surface area contributed by atoms with Crippen LogP contribution in [0.5, 0.6) is 0 Å². The van der Waals surface area contributed by atoms with Crippen LogP contribution in [0.4, 0.5) is 5.82 Å². The molecule has 0 amide bonds. The molecule has 0 fully saturated rings. The van der Waals surface area contributed by atoms with E-state index in [2.05, 4.69) is 9.71 Å². The fourth-order valence-corrected chi connectivity index (χ4v) is 3.33. The smallest absolute Gasteiger partial charge is 0.260 e. The van der Waals surface area contributed by atoms with E-state index in [0.29, 0.717) is 0 Å². The Labute approximate surface area is 112 Å². The average molecular weight is 280 g/mol. The highest BCUT2D eigenvalue weighted by atomic mass is 32.2. The van der Waals surface area contributed by atoms with Crippen molar-refractivity contribution >= 4 is 15.8 Å². The van der Waals surface area contributed by atoms with Crippen LogP contribution in [0.15, 0.2) is 41.7 Å². The van der Waals surface area contributed by atoms with E-state index in [0.717, 1.165) is 5.56 Å².